The molecular weight excluding hydrogens is 312 g/mol. The van der Waals surface area contributed by atoms with E-state index in [0.717, 1.165) is 6.07 Å². The molecule has 3 unspecified atom stereocenters. The van der Waals surface area contributed by atoms with Crippen molar-refractivity contribution in [3.05, 3.63) is 23.8 Å². The van der Waals surface area contributed by atoms with E-state index in [9.17, 15) is 24.9 Å². The summed E-state index contributed by atoms with van der Waals surface area (Å²) in [5.41, 5.74) is -1.39. The van der Waals surface area contributed by atoms with Crippen LogP contribution in [0, 0.1) is 5.41 Å². The molecule has 7 heteroatoms. The van der Waals surface area contributed by atoms with Gasteiger partial charge in [0.05, 0.1) is 11.7 Å². The normalized spacial score (nSPS) is 33.5. The maximum Gasteiger partial charge on any atom is 0.314 e. The zero-order valence-electron chi connectivity index (χ0n) is 11.6. The summed E-state index contributed by atoms with van der Waals surface area (Å²) in [5.74, 6) is -1.60. The standard InChI is InChI=1S/C15H15ClO6/c16-15-7-22-13(21)14(15,4-3-12(15)20)6-11(19)9-5-8(17)1-2-10(9)18/h1-2,5,12,17-18,20H,3-4,6-7H2. The van der Waals surface area contributed by atoms with Crippen molar-refractivity contribution in [1.82, 2.24) is 0 Å². The van der Waals surface area contributed by atoms with E-state index in [-0.39, 0.29) is 36.5 Å². The summed E-state index contributed by atoms with van der Waals surface area (Å²) in [6.07, 6.45) is -0.686. The summed E-state index contributed by atoms with van der Waals surface area (Å²) in [4.78, 5) is 23.3. The Hall–Kier alpha value is -1.79. The van der Waals surface area contributed by atoms with Gasteiger partial charge in [0.1, 0.15) is 28.4 Å². The molecule has 0 aromatic heterocycles. The number of hydrogen-bond donors (Lipinski definition) is 3. The van der Waals surface area contributed by atoms with Crippen molar-refractivity contribution in [1.29, 1.82) is 0 Å². The minimum absolute atomic E-state index is 0.0884. The second kappa shape index (κ2) is 4.86. The molecule has 1 aliphatic heterocycles. The van der Waals surface area contributed by atoms with Gasteiger partial charge in [-0.05, 0) is 31.0 Å². The number of phenols is 2. The Morgan fingerprint density at radius 1 is 1.41 bits per heavy atom. The Balaban J connectivity index is 1.96. The molecular formula is C15H15ClO6. The summed E-state index contributed by atoms with van der Waals surface area (Å²) in [6, 6.07) is 3.58. The van der Waals surface area contributed by atoms with Crippen LogP contribution in [0.25, 0.3) is 0 Å². The summed E-state index contributed by atoms with van der Waals surface area (Å²) in [7, 11) is 0. The van der Waals surface area contributed by atoms with Crippen molar-refractivity contribution in [2.45, 2.75) is 30.2 Å². The second-order valence-electron chi connectivity index (χ2n) is 5.88. The fraction of sp³-hybridized carbons (Fsp3) is 0.467. The number of alkyl halides is 1. The Labute approximate surface area is 131 Å². The van der Waals surface area contributed by atoms with Crippen LogP contribution in [0.3, 0.4) is 0 Å². The fourth-order valence-electron chi connectivity index (χ4n) is 3.38. The number of rotatable bonds is 3. The van der Waals surface area contributed by atoms with Crippen LogP contribution in [-0.4, -0.2) is 44.7 Å². The lowest BCUT2D eigenvalue weighted by atomic mass is 9.74. The maximum atomic E-state index is 12.5. The number of Topliss-reactive ketones (excluding diaryl/α,β-unsaturated/α-hetero) is 1. The number of phenolic OH excluding ortho intramolecular Hbond substituents is 2. The van der Waals surface area contributed by atoms with Gasteiger partial charge in [0.2, 0.25) is 0 Å². The van der Waals surface area contributed by atoms with Crippen LogP contribution in [0.5, 0.6) is 11.5 Å². The molecule has 3 rings (SSSR count). The molecule has 22 heavy (non-hydrogen) atoms. The molecule has 3 atom stereocenters. The summed E-state index contributed by atoms with van der Waals surface area (Å²) >= 11 is 6.41. The second-order valence-corrected chi connectivity index (χ2v) is 6.55. The van der Waals surface area contributed by atoms with Crippen molar-refractivity contribution >= 4 is 23.4 Å². The maximum absolute atomic E-state index is 12.5. The molecule has 1 heterocycles. The lowest BCUT2D eigenvalue weighted by Gasteiger charge is -2.31. The van der Waals surface area contributed by atoms with Crippen LogP contribution >= 0.6 is 11.6 Å². The summed E-state index contributed by atoms with van der Waals surface area (Å²) < 4.78 is 4.99. The monoisotopic (exact) mass is 326 g/mol. The summed E-state index contributed by atoms with van der Waals surface area (Å²) in [6.45, 7) is -0.145. The molecule has 0 bridgehead atoms. The SMILES string of the molecule is O=C(CC12CCC(O)C1(Cl)COC2=O)c1cc(O)ccc1O. The van der Waals surface area contributed by atoms with E-state index in [1.807, 2.05) is 0 Å². The lowest BCUT2D eigenvalue weighted by Crippen LogP contribution is -2.47. The molecule has 1 saturated carbocycles. The van der Waals surface area contributed by atoms with Crippen molar-refractivity contribution in [3.63, 3.8) is 0 Å². The van der Waals surface area contributed by atoms with Crippen molar-refractivity contribution < 1.29 is 29.6 Å². The van der Waals surface area contributed by atoms with E-state index in [0.29, 0.717) is 6.42 Å². The molecule has 1 saturated heterocycles. The minimum Gasteiger partial charge on any atom is -0.508 e. The predicted molar refractivity (Wildman–Crippen MR) is 75.9 cm³/mol. The Morgan fingerprint density at radius 3 is 2.86 bits per heavy atom. The third-order valence-corrected chi connectivity index (χ3v) is 5.44. The molecule has 0 amide bonds. The van der Waals surface area contributed by atoms with Crippen LogP contribution in [0.1, 0.15) is 29.6 Å². The van der Waals surface area contributed by atoms with E-state index < -0.39 is 28.1 Å². The predicted octanol–water partition coefficient (Wildman–Crippen LogP) is 1.35. The first-order valence-electron chi connectivity index (χ1n) is 6.89. The number of fused-ring (bicyclic) bond motifs is 1. The van der Waals surface area contributed by atoms with Crippen LogP contribution in [0.15, 0.2) is 18.2 Å². The van der Waals surface area contributed by atoms with E-state index in [1.165, 1.54) is 12.1 Å². The number of aliphatic hydroxyl groups is 1. The first kappa shape index (κ1) is 15.1. The number of ketones is 1. The van der Waals surface area contributed by atoms with Crippen LogP contribution in [0.4, 0.5) is 0 Å². The molecule has 6 nitrogen and oxygen atoms in total. The first-order valence-corrected chi connectivity index (χ1v) is 7.27. The van der Waals surface area contributed by atoms with Gasteiger partial charge in [0, 0.05) is 6.42 Å². The minimum atomic E-state index is -1.33. The Morgan fingerprint density at radius 2 is 2.14 bits per heavy atom. The molecule has 118 valence electrons. The first-order chi connectivity index (χ1) is 10.3. The summed E-state index contributed by atoms with van der Waals surface area (Å²) in [5, 5.41) is 29.3. The topological polar surface area (TPSA) is 104 Å². The van der Waals surface area contributed by atoms with Crippen LogP contribution in [0.2, 0.25) is 0 Å². The van der Waals surface area contributed by atoms with Gasteiger partial charge in [-0.2, -0.15) is 0 Å². The Bertz CT molecular complexity index is 659. The van der Waals surface area contributed by atoms with Gasteiger partial charge in [-0.25, -0.2) is 0 Å². The molecule has 3 N–H and O–H groups in total. The molecule has 2 fully saturated rings. The quantitative estimate of drug-likeness (QED) is 0.335. The van der Waals surface area contributed by atoms with Crippen molar-refractivity contribution in [3.8, 4) is 11.5 Å². The third-order valence-electron chi connectivity index (χ3n) is 4.72. The third kappa shape index (κ3) is 1.90. The van der Waals surface area contributed by atoms with E-state index in [4.69, 9.17) is 16.3 Å². The average Bonchev–Trinajstić information content (AvgIpc) is 2.87. The number of cyclic esters (lactones) is 1. The molecule has 1 aromatic rings. The molecule has 2 aliphatic rings. The fourth-order valence-corrected chi connectivity index (χ4v) is 3.78. The highest BCUT2D eigenvalue weighted by Gasteiger charge is 2.69. The molecule has 0 radical (unpaired) electrons. The number of hydrogen-bond acceptors (Lipinski definition) is 6. The molecule has 1 aliphatic carbocycles. The van der Waals surface area contributed by atoms with E-state index >= 15 is 0 Å². The smallest absolute Gasteiger partial charge is 0.314 e. The number of aliphatic hydroxyl groups excluding tert-OH is 1. The van der Waals surface area contributed by atoms with Gasteiger partial charge in [-0.3, -0.25) is 9.59 Å². The van der Waals surface area contributed by atoms with Gasteiger partial charge in [0.25, 0.3) is 0 Å². The van der Waals surface area contributed by atoms with Crippen molar-refractivity contribution in [2.24, 2.45) is 5.41 Å². The number of halogens is 1. The van der Waals surface area contributed by atoms with Gasteiger partial charge in [-0.15, -0.1) is 11.6 Å². The zero-order valence-corrected chi connectivity index (χ0v) is 12.3. The number of ether oxygens (including phenoxy) is 1. The van der Waals surface area contributed by atoms with E-state index in [1.54, 1.807) is 0 Å². The number of carbonyl (C=O) groups excluding carboxylic acids is 2. The van der Waals surface area contributed by atoms with Gasteiger partial charge < -0.3 is 20.1 Å². The van der Waals surface area contributed by atoms with E-state index in [2.05, 4.69) is 0 Å². The number of benzene rings is 1. The molecule has 1 aromatic carbocycles. The highest BCUT2D eigenvalue weighted by atomic mass is 35.5. The van der Waals surface area contributed by atoms with Crippen LogP contribution in [-0.2, 0) is 9.53 Å². The zero-order chi connectivity index (χ0) is 16.1. The number of esters is 1. The van der Waals surface area contributed by atoms with Gasteiger partial charge in [0.15, 0.2) is 5.78 Å². The lowest BCUT2D eigenvalue weighted by molar-refractivity contribution is -0.146. The highest BCUT2D eigenvalue weighted by Crippen LogP contribution is 2.58. The molecule has 0 spiro atoms. The van der Waals surface area contributed by atoms with Crippen LogP contribution < -0.4 is 0 Å². The van der Waals surface area contributed by atoms with Gasteiger partial charge in [-0.1, -0.05) is 0 Å². The van der Waals surface area contributed by atoms with Crippen molar-refractivity contribution in [2.75, 3.05) is 6.61 Å². The average molecular weight is 327 g/mol. The Kier molecular flexibility index (Phi) is 3.34. The largest absolute Gasteiger partial charge is 0.508 e. The number of carbonyl (C=O) groups is 2. The number of aromatic hydroxyl groups is 2. The highest BCUT2D eigenvalue weighted by molar-refractivity contribution is 6.28. The van der Waals surface area contributed by atoms with Gasteiger partial charge >= 0.3 is 5.97 Å².